The second-order valence-corrected chi connectivity index (χ2v) is 7.29. The lowest BCUT2D eigenvalue weighted by Gasteiger charge is -2.27. The number of fused-ring (bicyclic) bond motifs is 1. The SMILES string of the molecule is COc1cc(Cl)c(C)cc1N[C@@H]1c2ccccc2C(=O)N1c1ccc(Cl)cn1. The molecule has 0 unspecified atom stereocenters. The molecule has 0 bridgehead atoms. The van der Waals surface area contributed by atoms with Crippen LogP contribution in [0.4, 0.5) is 11.5 Å². The zero-order chi connectivity index (χ0) is 19.8. The molecule has 142 valence electrons. The number of anilines is 2. The van der Waals surface area contributed by atoms with Crippen LogP contribution in [0.25, 0.3) is 0 Å². The van der Waals surface area contributed by atoms with Gasteiger partial charge in [-0.15, -0.1) is 0 Å². The van der Waals surface area contributed by atoms with Crippen LogP contribution in [0.3, 0.4) is 0 Å². The van der Waals surface area contributed by atoms with Gasteiger partial charge in [0.15, 0.2) is 0 Å². The van der Waals surface area contributed by atoms with Gasteiger partial charge in [0.25, 0.3) is 5.91 Å². The van der Waals surface area contributed by atoms with Gasteiger partial charge >= 0.3 is 0 Å². The Morgan fingerprint density at radius 1 is 1.14 bits per heavy atom. The summed E-state index contributed by atoms with van der Waals surface area (Å²) in [7, 11) is 1.58. The number of carbonyl (C=O) groups is 1. The van der Waals surface area contributed by atoms with E-state index < -0.39 is 6.17 Å². The molecule has 2 heterocycles. The van der Waals surface area contributed by atoms with Crippen LogP contribution in [0.15, 0.2) is 54.7 Å². The van der Waals surface area contributed by atoms with E-state index in [4.69, 9.17) is 27.9 Å². The van der Waals surface area contributed by atoms with Crippen molar-refractivity contribution in [1.29, 1.82) is 0 Å². The van der Waals surface area contributed by atoms with E-state index in [1.807, 2.05) is 37.3 Å². The number of nitrogens with zero attached hydrogens (tertiary/aromatic N) is 2. The molecule has 0 saturated carbocycles. The molecule has 4 rings (SSSR count). The molecule has 0 saturated heterocycles. The van der Waals surface area contributed by atoms with Gasteiger partial charge in [-0.1, -0.05) is 41.4 Å². The number of aryl methyl sites for hydroxylation is 1. The Hall–Kier alpha value is -2.76. The molecular formula is C21H17Cl2N3O2. The maximum absolute atomic E-state index is 13.1. The Bertz CT molecular complexity index is 1050. The number of pyridine rings is 1. The number of nitrogens with one attached hydrogen (secondary N) is 1. The molecule has 3 aromatic rings. The number of halogens is 2. The van der Waals surface area contributed by atoms with Gasteiger partial charge in [-0.25, -0.2) is 4.98 Å². The highest BCUT2D eigenvalue weighted by Gasteiger charge is 2.38. The largest absolute Gasteiger partial charge is 0.495 e. The molecule has 0 radical (unpaired) electrons. The predicted octanol–water partition coefficient (Wildman–Crippen LogP) is 5.48. The van der Waals surface area contributed by atoms with Crippen molar-refractivity contribution in [3.05, 3.63) is 81.5 Å². The molecule has 2 aromatic carbocycles. The first kappa shape index (κ1) is 18.6. The average Bonchev–Trinajstić information content (AvgIpc) is 2.97. The monoisotopic (exact) mass is 413 g/mol. The number of amides is 1. The number of methoxy groups -OCH3 is 1. The Morgan fingerprint density at radius 2 is 1.93 bits per heavy atom. The molecule has 1 aromatic heterocycles. The molecule has 7 heteroatoms. The van der Waals surface area contributed by atoms with Crippen molar-refractivity contribution in [1.82, 2.24) is 4.98 Å². The molecule has 28 heavy (non-hydrogen) atoms. The van der Waals surface area contributed by atoms with Gasteiger partial charge in [0.1, 0.15) is 17.7 Å². The second kappa shape index (κ2) is 7.34. The first-order valence-corrected chi connectivity index (χ1v) is 9.40. The number of carbonyl (C=O) groups excluding carboxylic acids is 1. The lowest BCUT2D eigenvalue weighted by atomic mass is 10.1. The smallest absolute Gasteiger partial charge is 0.261 e. The van der Waals surface area contributed by atoms with E-state index in [0.29, 0.717) is 27.2 Å². The average molecular weight is 414 g/mol. The van der Waals surface area contributed by atoms with E-state index in [9.17, 15) is 4.79 Å². The number of ether oxygens (including phenoxy) is 1. The number of hydrogen-bond acceptors (Lipinski definition) is 4. The molecule has 1 N–H and O–H groups in total. The summed E-state index contributed by atoms with van der Waals surface area (Å²) in [4.78, 5) is 19.1. The quantitative estimate of drug-likeness (QED) is 0.615. The van der Waals surface area contributed by atoms with Gasteiger partial charge in [-0.05, 0) is 36.8 Å². The standard InChI is InChI=1S/C21H17Cl2N3O2/c1-12-9-17(18(28-2)10-16(12)23)25-20-14-5-3-4-6-15(14)21(27)26(20)19-8-7-13(22)11-24-19/h3-11,20,25H,1-2H3/t20-/m0/s1. The summed E-state index contributed by atoms with van der Waals surface area (Å²) in [5, 5.41) is 4.55. The third kappa shape index (κ3) is 3.17. The van der Waals surface area contributed by atoms with E-state index in [2.05, 4.69) is 10.3 Å². The minimum Gasteiger partial charge on any atom is -0.495 e. The fourth-order valence-electron chi connectivity index (χ4n) is 3.30. The van der Waals surface area contributed by atoms with Crippen LogP contribution in [0.1, 0.15) is 27.7 Å². The third-order valence-electron chi connectivity index (χ3n) is 4.69. The Labute approximate surface area is 172 Å². The summed E-state index contributed by atoms with van der Waals surface area (Å²) in [6.07, 6.45) is 1.07. The van der Waals surface area contributed by atoms with Crippen LogP contribution >= 0.6 is 23.2 Å². The minimum absolute atomic E-state index is 0.132. The van der Waals surface area contributed by atoms with Crippen LogP contribution in [0.5, 0.6) is 5.75 Å². The van der Waals surface area contributed by atoms with Crippen molar-refractivity contribution in [3.8, 4) is 5.75 Å². The molecule has 1 atom stereocenters. The molecule has 1 aliphatic heterocycles. The van der Waals surface area contributed by atoms with Crippen molar-refractivity contribution < 1.29 is 9.53 Å². The van der Waals surface area contributed by atoms with Crippen LogP contribution < -0.4 is 15.0 Å². The summed E-state index contributed by atoms with van der Waals surface area (Å²) < 4.78 is 5.48. The van der Waals surface area contributed by atoms with E-state index in [0.717, 1.165) is 16.8 Å². The van der Waals surface area contributed by atoms with Crippen molar-refractivity contribution in [2.45, 2.75) is 13.1 Å². The summed E-state index contributed by atoms with van der Waals surface area (Å²) in [5.41, 5.74) is 3.12. The first-order chi connectivity index (χ1) is 13.5. The number of benzene rings is 2. The summed E-state index contributed by atoms with van der Waals surface area (Å²) in [5.74, 6) is 0.969. The molecule has 1 amide bonds. The molecular weight excluding hydrogens is 397 g/mol. The topological polar surface area (TPSA) is 54.5 Å². The van der Waals surface area contributed by atoms with Gasteiger partial charge < -0.3 is 10.1 Å². The maximum Gasteiger partial charge on any atom is 0.261 e. The molecule has 1 aliphatic rings. The highest BCUT2D eigenvalue weighted by Crippen LogP contribution is 2.40. The number of aromatic nitrogens is 1. The van der Waals surface area contributed by atoms with Crippen molar-refractivity contribution in [2.75, 3.05) is 17.3 Å². The fraction of sp³-hybridized carbons (Fsp3) is 0.143. The molecule has 0 aliphatic carbocycles. The summed E-state index contributed by atoms with van der Waals surface area (Å²) in [6.45, 7) is 1.92. The molecule has 0 spiro atoms. The van der Waals surface area contributed by atoms with Gasteiger partial charge in [-0.3, -0.25) is 9.69 Å². The van der Waals surface area contributed by atoms with Gasteiger partial charge in [0.05, 0.1) is 17.8 Å². The van der Waals surface area contributed by atoms with Crippen molar-refractivity contribution >= 4 is 40.6 Å². The lowest BCUT2D eigenvalue weighted by Crippen LogP contribution is -2.33. The Kier molecular flexibility index (Phi) is 4.87. The molecule has 0 fully saturated rings. The zero-order valence-corrected chi connectivity index (χ0v) is 16.8. The van der Waals surface area contributed by atoms with Crippen LogP contribution in [-0.2, 0) is 0 Å². The Morgan fingerprint density at radius 3 is 2.64 bits per heavy atom. The fourth-order valence-corrected chi connectivity index (χ4v) is 3.56. The minimum atomic E-state index is -0.452. The van der Waals surface area contributed by atoms with E-state index in [-0.39, 0.29) is 5.91 Å². The van der Waals surface area contributed by atoms with E-state index in [1.165, 1.54) is 6.20 Å². The third-order valence-corrected chi connectivity index (χ3v) is 5.33. The van der Waals surface area contributed by atoms with Gasteiger partial charge in [0.2, 0.25) is 0 Å². The lowest BCUT2D eigenvalue weighted by molar-refractivity contribution is 0.0992. The van der Waals surface area contributed by atoms with Crippen LogP contribution in [-0.4, -0.2) is 18.0 Å². The van der Waals surface area contributed by atoms with Crippen molar-refractivity contribution in [3.63, 3.8) is 0 Å². The highest BCUT2D eigenvalue weighted by molar-refractivity contribution is 6.31. The summed E-state index contributed by atoms with van der Waals surface area (Å²) in [6, 6.07) is 14.6. The predicted molar refractivity (Wildman–Crippen MR) is 112 cm³/mol. The van der Waals surface area contributed by atoms with Crippen molar-refractivity contribution in [2.24, 2.45) is 0 Å². The van der Waals surface area contributed by atoms with Crippen LogP contribution in [0, 0.1) is 6.92 Å². The normalized spacial score (nSPS) is 15.5. The van der Waals surface area contributed by atoms with Gasteiger partial charge in [0, 0.05) is 28.4 Å². The maximum atomic E-state index is 13.1. The number of hydrogen-bond donors (Lipinski definition) is 1. The Balaban J connectivity index is 1.81. The van der Waals surface area contributed by atoms with E-state index >= 15 is 0 Å². The zero-order valence-electron chi connectivity index (χ0n) is 15.2. The molecule has 5 nitrogen and oxygen atoms in total. The number of rotatable bonds is 4. The first-order valence-electron chi connectivity index (χ1n) is 8.64. The van der Waals surface area contributed by atoms with E-state index in [1.54, 1.807) is 30.2 Å². The van der Waals surface area contributed by atoms with Crippen LogP contribution in [0.2, 0.25) is 10.0 Å². The summed E-state index contributed by atoms with van der Waals surface area (Å²) >= 11 is 12.2. The van der Waals surface area contributed by atoms with Gasteiger partial charge in [-0.2, -0.15) is 0 Å². The highest BCUT2D eigenvalue weighted by atomic mass is 35.5. The second-order valence-electron chi connectivity index (χ2n) is 6.45.